The van der Waals surface area contributed by atoms with Crippen LogP contribution >= 0.6 is 11.8 Å². The standard InChI is InChI=1S/C19H20N2O4S/c1-4-25-17(22)11-21-18(23)16(26-19(21)24)9-13-10-20(12(2)3)15-8-6-5-7-14(13)15/h5-10,12H,4,11H2,1-3H3/b16-9+. The SMILES string of the molecule is CCOC(=O)CN1C(=O)S/C(=C/c2cn(C(C)C)c3ccccc23)C1=O. The van der Waals surface area contributed by atoms with Gasteiger partial charge in [0, 0.05) is 28.7 Å². The molecule has 2 heterocycles. The Balaban J connectivity index is 1.94. The number of rotatable bonds is 5. The molecule has 136 valence electrons. The van der Waals surface area contributed by atoms with Gasteiger partial charge in [0.15, 0.2) is 0 Å². The van der Waals surface area contributed by atoms with Crippen LogP contribution < -0.4 is 0 Å². The minimum atomic E-state index is -0.590. The molecule has 3 rings (SSSR count). The van der Waals surface area contributed by atoms with Crippen LogP contribution in [0.2, 0.25) is 0 Å². The Bertz CT molecular complexity index is 913. The molecule has 0 N–H and O–H groups in total. The summed E-state index contributed by atoms with van der Waals surface area (Å²) in [6, 6.07) is 8.19. The number of benzene rings is 1. The zero-order valence-corrected chi connectivity index (χ0v) is 15.7. The lowest BCUT2D eigenvalue weighted by Crippen LogP contribution is -2.34. The molecule has 1 aromatic carbocycles. The van der Waals surface area contributed by atoms with Gasteiger partial charge in [0.2, 0.25) is 0 Å². The molecular weight excluding hydrogens is 352 g/mol. The van der Waals surface area contributed by atoms with Gasteiger partial charge in [0.1, 0.15) is 6.54 Å². The number of imide groups is 1. The average Bonchev–Trinajstić information content (AvgIpc) is 3.09. The number of hydrogen-bond donors (Lipinski definition) is 0. The number of carbonyl (C=O) groups excluding carboxylic acids is 3. The summed E-state index contributed by atoms with van der Waals surface area (Å²) < 4.78 is 6.95. The van der Waals surface area contributed by atoms with Crippen molar-refractivity contribution in [3.05, 3.63) is 40.9 Å². The van der Waals surface area contributed by atoms with Crippen LogP contribution in [0.4, 0.5) is 4.79 Å². The van der Waals surface area contributed by atoms with Crippen molar-refractivity contribution in [3.63, 3.8) is 0 Å². The van der Waals surface area contributed by atoms with Gasteiger partial charge in [-0.25, -0.2) is 0 Å². The fourth-order valence-corrected chi connectivity index (χ4v) is 3.72. The number of carbonyl (C=O) groups is 3. The van der Waals surface area contributed by atoms with Crippen LogP contribution in [-0.4, -0.2) is 39.7 Å². The van der Waals surface area contributed by atoms with Crippen molar-refractivity contribution in [3.8, 4) is 0 Å². The van der Waals surface area contributed by atoms with Gasteiger partial charge in [-0.15, -0.1) is 0 Å². The van der Waals surface area contributed by atoms with E-state index >= 15 is 0 Å². The summed E-state index contributed by atoms with van der Waals surface area (Å²) in [5.74, 6) is -1.05. The lowest BCUT2D eigenvalue weighted by molar-refractivity contribution is -0.145. The molecule has 7 heteroatoms. The lowest BCUT2D eigenvalue weighted by atomic mass is 10.1. The van der Waals surface area contributed by atoms with Crippen LogP contribution in [0, 0.1) is 0 Å². The van der Waals surface area contributed by atoms with E-state index in [1.807, 2.05) is 30.5 Å². The highest BCUT2D eigenvalue weighted by Crippen LogP contribution is 2.34. The van der Waals surface area contributed by atoms with Crippen LogP contribution in [0.5, 0.6) is 0 Å². The molecule has 0 aliphatic carbocycles. The summed E-state index contributed by atoms with van der Waals surface area (Å²) >= 11 is 0.844. The van der Waals surface area contributed by atoms with E-state index in [9.17, 15) is 14.4 Å². The maximum atomic E-state index is 12.5. The first kappa shape index (κ1) is 18.3. The Morgan fingerprint density at radius 1 is 1.27 bits per heavy atom. The summed E-state index contributed by atoms with van der Waals surface area (Å²) in [7, 11) is 0. The van der Waals surface area contributed by atoms with E-state index in [0.29, 0.717) is 4.91 Å². The number of fused-ring (bicyclic) bond motifs is 1. The Morgan fingerprint density at radius 3 is 2.69 bits per heavy atom. The molecule has 1 fully saturated rings. The molecule has 2 aromatic rings. The van der Waals surface area contributed by atoms with Crippen LogP contribution in [0.3, 0.4) is 0 Å². The summed E-state index contributed by atoms with van der Waals surface area (Å²) in [6.07, 6.45) is 3.70. The van der Waals surface area contributed by atoms with Gasteiger partial charge in [-0.1, -0.05) is 18.2 Å². The van der Waals surface area contributed by atoms with Crippen molar-refractivity contribution in [1.29, 1.82) is 0 Å². The number of aromatic nitrogens is 1. The maximum Gasteiger partial charge on any atom is 0.326 e. The third-order valence-electron chi connectivity index (χ3n) is 4.08. The zero-order chi connectivity index (χ0) is 18.8. The molecule has 6 nitrogen and oxygen atoms in total. The first-order valence-corrected chi connectivity index (χ1v) is 9.24. The number of thioether (sulfide) groups is 1. The smallest absolute Gasteiger partial charge is 0.326 e. The van der Waals surface area contributed by atoms with E-state index in [-0.39, 0.29) is 19.2 Å². The third-order valence-corrected chi connectivity index (χ3v) is 4.99. The van der Waals surface area contributed by atoms with Gasteiger partial charge in [-0.05, 0) is 44.7 Å². The molecule has 1 aliphatic heterocycles. The summed E-state index contributed by atoms with van der Waals surface area (Å²) in [4.78, 5) is 37.5. The summed E-state index contributed by atoms with van der Waals surface area (Å²) in [5.41, 5.74) is 1.94. The van der Waals surface area contributed by atoms with Gasteiger partial charge in [0.25, 0.3) is 11.1 Å². The average molecular weight is 372 g/mol. The second-order valence-electron chi connectivity index (χ2n) is 6.18. The van der Waals surface area contributed by atoms with E-state index in [0.717, 1.165) is 33.1 Å². The molecule has 0 bridgehead atoms. The van der Waals surface area contributed by atoms with E-state index < -0.39 is 17.1 Å². The van der Waals surface area contributed by atoms with Crippen molar-refractivity contribution in [2.24, 2.45) is 0 Å². The van der Waals surface area contributed by atoms with Crippen molar-refractivity contribution >= 4 is 45.9 Å². The normalized spacial score (nSPS) is 16.3. The predicted molar refractivity (Wildman–Crippen MR) is 102 cm³/mol. The Hall–Kier alpha value is -2.54. The maximum absolute atomic E-state index is 12.5. The first-order chi connectivity index (χ1) is 12.4. The van der Waals surface area contributed by atoms with Crippen LogP contribution in [0.1, 0.15) is 32.4 Å². The predicted octanol–water partition coefficient (Wildman–Crippen LogP) is 3.82. The quantitative estimate of drug-likeness (QED) is 0.589. The third kappa shape index (κ3) is 3.39. The van der Waals surface area contributed by atoms with Crippen LogP contribution in [-0.2, 0) is 14.3 Å². The largest absolute Gasteiger partial charge is 0.465 e. The first-order valence-electron chi connectivity index (χ1n) is 8.43. The minimum Gasteiger partial charge on any atom is -0.465 e. The number of esters is 1. The van der Waals surface area contributed by atoms with E-state index in [2.05, 4.69) is 18.4 Å². The zero-order valence-electron chi connectivity index (χ0n) is 14.9. The molecule has 0 saturated carbocycles. The van der Waals surface area contributed by atoms with Crippen molar-refractivity contribution in [2.45, 2.75) is 26.8 Å². The molecule has 26 heavy (non-hydrogen) atoms. The molecule has 0 unspecified atom stereocenters. The highest BCUT2D eigenvalue weighted by atomic mass is 32.2. The molecule has 0 radical (unpaired) electrons. The molecule has 1 aliphatic rings. The van der Waals surface area contributed by atoms with Crippen LogP contribution in [0.25, 0.3) is 17.0 Å². The highest BCUT2D eigenvalue weighted by molar-refractivity contribution is 8.18. The molecule has 0 atom stereocenters. The topological polar surface area (TPSA) is 68.6 Å². The van der Waals surface area contributed by atoms with Gasteiger partial charge < -0.3 is 9.30 Å². The second kappa shape index (κ2) is 7.37. The lowest BCUT2D eigenvalue weighted by Gasteiger charge is -2.10. The minimum absolute atomic E-state index is 0.208. The van der Waals surface area contributed by atoms with Crippen molar-refractivity contribution in [1.82, 2.24) is 9.47 Å². The van der Waals surface area contributed by atoms with Crippen molar-refractivity contribution in [2.75, 3.05) is 13.2 Å². The molecular formula is C19H20N2O4S. The van der Waals surface area contributed by atoms with Gasteiger partial charge in [-0.3, -0.25) is 19.3 Å². The Labute approximate surface area is 155 Å². The van der Waals surface area contributed by atoms with Gasteiger partial charge >= 0.3 is 5.97 Å². The van der Waals surface area contributed by atoms with Gasteiger partial charge in [0.05, 0.1) is 11.5 Å². The van der Waals surface area contributed by atoms with E-state index in [1.165, 1.54) is 0 Å². The summed E-state index contributed by atoms with van der Waals surface area (Å²) in [5, 5.41) is 0.556. The fraction of sp³-hybridized carbons (Fsp3) is 0.316. The molecule has 1 aromatic heterocycles. The number of hydrogen-bond acceptors (Lipinski definition) is 5. The molecule has 1 saturated heterocycles. The number of para-hydroxylation sites is 1. The Morgan fingerprint density at radius 2 is 2.00 bits per heavy atom. The molecule has 2 amide bonds. The van der Waals surface area contributed by atoms with Crippen LogP contribution in [0.15, 0.2) is 35.4 Å². The van der Waals surface area contributed by atoms with Gasteiger partial charge in [-0.2, -0.15) is 0 Å². The second-order valence-corrected chi connectivity index (χ2v) is 7.17. The highest BCUT2D eigenvalue weighted by Gasteiger charge is 2.36. The number of ether oxygens (including phenoxy) is 1. The van der Waals surface area contributed by atoms with E-state index in [1.54, 1.807) is 13.0 Å². The van der Waals surface area contributed by atoms with Crippen molar-refractivity contribution < 1.29 is 19.1 Å². The fourth-order valence-electron chi connectivity index (χ4n) is 2.89. The van der Waals surface area contributed by atoms with E-state index in [4.69, 9.17) is 4.74 Å². The number of amides is 2. The summed E-state index contributed by atoms with van der Waals surface area (Å²) in [6.45, 7) is 5.70. The molecule has 0 spiro atoms. The monoisotopic (exact) mass is 372 g/mol. The Kier molecular flexibility index (Phi) is 5.18. The number of nitrogens with zero attached hydrogens (tertiary/aromatic N) is 2.